The van der Waals surface area contributed by atoms with Gasteiger partial charge in [-0.25, -0.2) is 0 Å². The molecule has 1 aliphatic heterocycles. The van der Waals surface area contributed by atoms with Crippen LogP contribution in [0.4, 0.5) is 5.69 Å². The Kier molecular flexibility index (Phi) is 6.66. The van der Waals surface area contributed by atoms with E-state index >= 15 is 0 Å². The van der Waals surface area contributed by atoms with Crippen molar-refractivity contribution in [3.05, 3.63) is 66.2 Å². The number of nitrogens with zero attached hydrogens (tertiary/aromatic N) is 1. The van der Waals surface area contributed by atoms with Crippen molar-refractivity contribution in [1.82, 2.24) is 5.32 Å². The first-order valence-electron chi connectivity index (χ1n) is 9.51. The molecule has 1 aliphatic rings. The fraction of sp³-hybridized carbons (Fsp3) is 0.364. The van der Waals surface area contributed by atoms with Gasteiger partial charge >= 0.3 is 5.97 Å². The van der Waals surface area contributed by atoms with Crippen molar-refractivity contribution >= 4 is 17.6 Å². The van der Waals surface area contributed by atoms with Crippen molar-refractivity contribution in [2.45, 2.75) is 18.3 Å². The third kappa shape index (κ3) is 5.10. The Morgan fingerprint density at radius 2 is 1.57 bits per heavy atom. The van der Waals surface area contributed by atoms with E-state index in [2.05, 4.69) is 17.4 Å². The summed E-state index contributed by atoms with van der Waals surface area (Å²) in [6.07, 6.45) is 1.68. The Balaban J connectivity index is 1.67. The molecule has 0 saturated carbocycles. The zero-order valence-corrected chi connectivity index (χ0v) is 15.8. The van der Waals surface area contributed by atoms with Crippen LogP contribution >= 0.6 is 0 Å². The minimum atomic E-state index is -0.971. The average molecular weight is 382 g/mol. The molecular weight excluding hydrogens is 356 g/mol. The van der Waals surface area contributed by atoms with Gasteiger partial charge < -0.3 is 20.1 Å². The van der Waals surface area contributed by atoms with E-state index in [-0.39, 0.29) is 24.4 Å². The number of hydrogen-bond donors (Lipinski definition) is 2. The van der Waals surface area contributed by atoms with Crippen LogP contribution in [-0.4, -0.2) is 49.8 Å². The minimum Gasteiger partial charge on any atom is -0.480 e. The van der Waals surface area contributed by atoms with E-state index in [1.807, 2.05) is 36.4 Å². The topological polar surface area (TPSA) is 78.9 Å². The van der Waals surface area contributed by atoms with Crippen LogP contribution in [-0.2, 0) is 19.7 Å². The fourth-order valence-corrected chi connectivity index (χ4v) is 3.66. The summed E-state index contributed by atoms with van der Waals surface area (Å²) < 4.78 is 5.53. The lowest BCUT2D eigenvalue weighted by molar-refractivity contribution is -0.135. The predicted molar refractivity (Wildman–Crippen MR) is 107 cm³/mol. The molecular formula is C22H26N2O4. The molecule has 0 aliphatic carbocycles. The van der Waals surface area contributed by atoms with Crippen molar-refractivity contribution in [3.63, 3.8) is 0 Å². The SMILES string of the molecule is O=C(O)CN(CC(=O)NCC1(c2ccccc2)CCOCC1)c1ccccc1. The summed E-state index contributed by atoms with van der Waals surface area (Å²) in [5, 5.41) is 12.2. The third-order valence-corrected chi connectivity index (χ3v) is 5.24. The second-order valence-electron chi connectivity index (χ2n) is 7.12. The normalized spacial score (nSPS) is 15.6. The van der Waals surface area contributed by atoms with E-state index in [0.29, 0.717) is 25.4 Å². The maximum absolute atomic E-state index is 12.6. The van der Waals surface area contributed by atoms with Gasteiger partial charge in [0.2, 0.25) is 5.91 Å². The Morgan fingerprint density at radius 1 is 0.964 bits per heavy atom. The molecule has 1 saturated heterocycles. The van der Waals surface area contributed by atoms with Gasteiger partial charge in [-0.05, 0) is 30.5 Å². The number of rotatable bonds is 8. The molecule has 2 aromatic carbocycles. The molecule has 0 bridgehead atoms. The van der Waals surface area contributed by atoms with E-state index in [1.165, 1.54) is 5.56 Å². The highest BCUT2D eigenvalue weighted by Crippen LogP contribution is 2.34. The molecule has 0 radical (unpaired) electrons. The van der Waals surface area contributed by atoms with Crippen LogP contribution in [0.15, 0.2) is 60.7 Å². The van der Waals surface area contributed by atoms with E-state index < -0.39 is 5.97 Å². The number of carboxylic acids is 1. The average Bonchev–Trinajstić information content (AvgIpc) is 2.73. The molecule has 6 heteroatoms. The number of benzene rings is 2. The number of carboxylic acid groups (broad SMARTS) is 1. The summed E-state index contributed by atoms with van der Waals surface area (Å²) in [5.41, 5.74) is 1.76. The highest BCUT2D eigenvalue weighted by Gasteiger charge is 2.34. The van der Waals surface area contributed by atoms with Crippen LogP contribution in [0.2, 0.25) is 0 Å². The Hall–Kier alpha value is -2.86. The quantitative estimate of drug-likeness (QED) is 0.733. The molecule has 0 atom stereocenters. The molecule has 0 spiro atoms. The maximum atomic E-state index is 12.6. The number of aliphatic carboxylic acids is 1. The predicted octanol–water partition coefficient (Wildman–Crippen LogP) is 2.44. The lowest BCUT2D eigenvalue weighted by atomic mass is 9.74. The number of hydrogen-bond acceptors (Lipinski definition) is 4. The van der Waals surface area contributed by atoms with Crippen molar-refractivity contribution in [1.29, 1.82) is 0 Å². The number of carbonyl (C=O) groups is 2. The van der Waals surface area contributed by atoms with Crippen LogP contribution in [0.1, 0.15) is 18.4 Å². The van der Waals surface area contributed by atoms with Crippen LogP contribution in [0.5, 0.6) is 0 Å². The van der Waals surface area contributed by atoms with E-state index in [0.717, 1.165) is 12.8 Å². The molecule has 1 heterocycles. The van der Waals surface area contributed by atoms with Gasteiger partial charge in [-0.1, -0.05) is 48.5 Å². The van der Waals surface area contributed by atoms with Gasteiger partial charge in [0, 0.05) is 30.9 Å². The molecule has 2 N–H and O–H groups in total. The molecule has 2 aromatic rings. The van der Waals surface area contributed by atoms with Gasteiger partial charge in [0.05, 0.1) is 6.54 Å². The number of ether oxygens (including phenoxy) is 1. The van der Waals surface area contributed by atoms with Crippen LogP contribution in [0.25, 0.3) is 0 Å². The number of para-hydroxylation sites is 1. The summed E-state index contributed by atoms with van der Waals surface area (Å²) in [6, 6.07) is 19.3. The molecule has 0 aromatic heterocycles. The number of anilines is 1. The molecule has 3 rings (SSSR count). The zero-order valence-electron chi connectivity index (χ0n) is 15.8. The Morgan fingerprint density at radius 3 is 2.18 bits per heavy atom. The Labute approximate surface area is 165 Å². The fourth-order valence-electron chi connectivity index (χ4n) is 3.66. The summed E-state index contributed by atoms with van der Waals surface area (Å²) in [7, 11) is 0. The van der Waals surface area contributed by atoms with Crippen LogP contribution in [0.3, 0.4) is 0 Å². The van der Waals surface area contributed by atoms with Gasteiger partial charge in [-0.15, -0.1) is 0 Å². The second-order valence-corrected chi connectivity index (χ2v) is 7.12. The van der Waals surface area contributed by atoms with Gasteiger partial charge in [-0.2, -0.15) is 0 Å². The molecule has 28 heavy (non-hydrogen) atoms. The first-order chi connectivity index (χ1) is 13.6. The number of amides is 1. The summed E-state index contributed by atoms with van der Waals surface area (Å²) in [5.74, 6) is -1.16. The van der Waals surface area contributed by atoms with Gasteiger partial charge in [0.1, 0.15) is 6.54 Å². The second kappa shape index (κ2) is 9.37. The lowest BCUT2D eigenvalue weighted by Gasteiger charge is -2.38. The summed E-state index contributed by atoms with van der Waals surface area (Å²) in [6.45, 7) is 1.61. The van der Waals surface area contributed by atoms with Crippen molar-refractivity contribution in [2.24, 2.45) is 0 Å². The van der Waals surface area contributed by atoms with Gasteiger partial charge in [0.15, 0.2) is 0 Å². The monoisotopic (exact) mass is 382 g/mol. The maximum Gasteiger partial charge on any atom is 0.323 e. The van der Waals surface area contributed by atoms with E-state index in [4.69, 9.17) is 4.74 Å². The van der Waals surface area contributed by atoms with Crippen LogP contribution < -0.4 is 10.2 Å². The molecule has 6 nitrogen and oxygen atoms in total. The van der Waals surface area contributed by atoms with Gasteiger partial charge in [0.25, 0.3) is 0 Å². The molecule has 0 unspecified atom stereocenters. The van der Waals surface area contributed by atoms with Crippen molar-refractivity contribution < 1.29 is 19.4 Å². The van der Waals surface area contributed by atoms with E-state index in [1.54, 1.807) is 17.0 Å². The van der Waals surface area contributed by atoms with Crippen molar-refractivity contribution in [3.8, 4) is 0 Å². The molecule has 1 fully saturated rings. The van der Waals surface area contributed by atoms with Crippen LogP contribution in [0, 0.1) is 0 Å². The zero-order chi connectivity index (χ0) is 19.8. The molecule has 148 valence electrons. The first-order valence-corrected chi connectivity index (χ1v) is 9.51. The van der Waals surface area contributed by atoms with Crippen molar-refractivity contribution in [2.75, 3.05) is 37.7 Å². The number of carbonyl (C=O) groups excluding carboxylic acids is 1. The smallest absolute Gasteiger partial charge is 0.323 e. The highest BCUT2D eigenvalue weighted by atomic mass is 16.5. The standard InChI is InChI=1S/C22H26N2O4/c25-20(15-24(16-21(26)27)19-9-5-2-6-10-19)23-17-22(11-13-28-14-12-22)18-7-3-1-4-8-18/h1-10H,11-17H2,(H,23,25)(H,26,27). The number of nitrogens with one attached hydrogen (secondary N) is 1. The molecule has 1 amide bonds. The Bertz CT molecular complexity index is 774. The van der Waals surface area contributed by atoms with E-state index in [9.17, 15) is 14.7 Å². The first kappa shape index (κ1) is 19.9. The lowest BCUT2D eigenvalue weighted by Crippen LogP contribution is -2.47. The highest BCUT2D eigenvalue weighted by molar-refractivity contribution is 5.84. The largest absolute Gasteiger partial charge is 0.480 e. The summed E-state index contributed by atoms with van der Waals surface area (Å²) in [4.78, 5) is 25.4. The minimum absolute atomic E-state index is 0.00230. The third-order valence-electron chi connectivity index (χ3n) is 5.24. The van der Waals surface area contributed by atoms with Gasteiger partial charge in [-0.3, -0.25) is 9.59 Å². The summed E-state index contributed by atoms with van der Waals surface area (Å²) >= 11 is 0.